The summed E-state index contributed by atoms with van der Waals surface area (Å²) in [6, 6.07) is 0. The summed E-state index contributed by atoms with van der Waals surface area (Å²) in [7, 11) is 0. The molecule has 1 rings (SSSR count). The summed E-state index contributed by atoms with van der Waals surface area (Å²) in [6.45, 7) is 13.1. The normalized spacial score (nSPS) is 25.9. The summed E-state index contributed by atoms with van der Waals surface area (Å²) in [4.78, 5) is 2.33. The van der Waals surface area contributed by atoms with E-state index in [9.17, 15) is 0 Å². The molecule has 1 atom stereocenters. The van der Waals surface area contributed by atoms with Crippen LogP contribution in [-0.4, -0.2) is 31.1 Å². The first-order valence-electron chi connectivity index (χ1n) is 6.27. The van der Waals surface area contributed by atoms with Crippen molar-refractivity contribution in [2.75, 3.05) is 26.2 Å². The molecule has 0 spiro atoms. The van der Waals surface area contributed by atoms with Crippen LogP contribution >= 0.6 is 0 Å². The maximum absolute atomic E-state index is 3.83. The molecular weight excluding hydrogens is 184 g/mol. The Hall–Kier alpha value is -0.500. The van der Waals surface area contributed by atoms with Crippen LogP contribution in [0.1, 0.15) is 39.5 Å². The molecule has 1 fully saturated rings. The van der Waals surface area contributed by atoms with E-state index in [4.69, 9.17) is 0 Å². The second-order valence-corrected chi connectivity index (χ2v) is 5.10. The lowest BCUT2D eigenvalue weighted by Gasteiger charge is -2.24. The molecule has 1 unspecified atom stereocenters. The van der Waals surface area contributed by atoms with Crippen molar-refractivity contribution in [2.45, 2.75) is 39.5 Å². The van der Waals surface area contributed by atoms with Gasteiger partial charge >= 0.3 is 0 Å². The largest absolute Gasteiger partial charge is 0.377 e. The van der Waals surface area contributed by atoms with Crippen molar-refractivity contribution in [3.8, 4) is 0 Å². The van der Waals surface area contributed by atoms with Gasteiger partial charge in [-0.25, -0.2) is 0 Å². The second kappa shape index (κ2) is 6.16. The van der Waals surface area contributed by atoms with E-state index in [0.29, 0.717) is 5.41 Å². The Morgan fingerprint density at radius 2 is 2.27 bits per heavy atom. The first-order valence-corrected chi connectivity index (χ1v) is 6.27. The van der Waals surface area contributed by atoms with Crippen molar-refractivity contribution < 1.29 is 0 Å². The molecule has 0 saturated carbocycles. The van der Waals surface area contributed by atoms with Crippen LogP contribution in [0.3, 0.4) is 0 Å². The summed E-state index contributed by atoms with van der Waals surface area (Å²) in [5, 5.41) is 3.59. The molecule has 0 aromatic heterocycles. The summed E-state index contributed by atoms with van der Waals surface area (Å²) in [6.07, 6.45) is 7.24. The van der Waals surface area contributed by atoms with Gasteiger partial charge in [-0.3, -0.25) is 0 Å². The molecule has 2 nitrogen and oxygen atoms in total. The van der Waals surface area contributed by atoms with Gasteiger partial charge in [0.25, 0.3) is 0 Å². The summed E-state index contributed by atoms with van der Waals surface area (Å²) in [5.74, 6) is 0. The molecule has 0 aliphatic carbocycles. The summed E-state index contributed by atoms with van der Waals surface area (Å²) < 4.78 is 0. The lowest BCUT2D eigenvalue weighted by atomic mass is 9.90. The van der Waals surface area contributed by atoms with Gasteiger partial charge in [-0.2, -0.15) is 0 Å². The quantitative estimate of drug-likeness (QED) is 0.650. The minimum Gasteiger partial charge on any atom is -0.377 e. The van der Waals surface area contributed by atoms with Gasteiger partial charge in [-0.1, -0.05) is 33.3 Å². The zero-order chi connectivity index (χ0) is 11.1. The maximum atomic E-state index is 3.83. The van der Waals surface area contributed by atoms with E-state index < -0.39 is 0 Å². The fourth-order valence-corrected chi connectivity index (χ4v) is 2.25. The molecule has 1 aliphatic heterocycles. The Balaban J connectivity index is 2.12. The Morgan fingerprint density at radius 1 is 1.47 bits per heavy atom. The smallest absolute Gasteiger partial charge is 0.0239 e. The SMILES string of the molecule is C=CN1CCC(C)(CNCCCCC)C1. The number of nitrogens with zero attached hydrogens (tertiary/aromatic N) is 1. The summed E-state index contributed by atoms with van der Waals surface area (Å²) in [5.41, 5.74) is 0.459. The second-order valence-electron chi connectivity index (χ2n) is 5.10. The third-order valence-corrected chi connectivity index (χ3v) is 3.35. The van der Waals surface area contributed by atoms with Crippen LogP contribution in [0, 0.1) is 5.41 Å². The average Bonchev–Trinajstić information content (AvgIpc) is 2.61. The molecule has 0 bridgehead atoms. The highest BCUT2D eigenvalue weighted by Crippen LogP contribution is 2.28. The molecule has 0 aromatic rings. The van der Waals surface area contributed by atoms with Crippen LogP contribution in [0.15, 0.2) is 12.8 Å². The monoisotopic (exact) mass is 210 g/mol. The molecule has 88 valence electrons. The predicted molar refractivity (Wildman–Crippen MR) is 66.9 cm³/mol. The number of hydrogen-bond acceptors (Lipinski definition) is 2. The van der Waals surface area contributed by atoms with E-state index in [2.05, 4.69) is 30.6 Å². The fraction of sp³-hybridized carbons (Fsp3) is 0.846. The third kappa shape index (κ3) is 4.25. The van der Waals surface area contributed by atoms with Crippen LogP contribution in [0.4, 0.5) is 0 Å². The van der Waals surface area contributed by atoms with E-state index in [-0.39, 0.29) is 0 Å². The zero-order valence-corrected chi connectivity index (χ0v) is 10.4. The first kappa shape index (κ1) is 12.6. The molecule has 15 heavy (non-hydrogen) atoms. The van der Waals surface area contributed by atoms with Crippen molar-refractivity contribution in [1.82, 2.24) is 10.2 Å². The lowest BCUT2D eigenvalue weighted by molar-refractivity contribution is 0.308. The number of likely N-dealkylation sites (tertiary alicyclic amines) is 1. The Bertz CT molecular complexity index is 191. The van der Waals surface area contributed by atoms with Crippen molar-refractivity contribution in [1.29, 1.82) is 0 Å². The van der Waals surface area contributed by atoms with Gasteiger partial charge in [0, 0.05) is 19.6 Å². The molecule has 0 aromatic carbocycles. The van der Waals surface area contributed by atoms with Crippen LogP contribution in [-0.2, 0) is 0 Å². The molecule has 1 aliphatic rings. The third-order valence-electron chi connectivity index (χ3n) is 3.35. The predicted octanol–water partition coefficient (Wildman–Crippen LogP) is 2.62. The van der Waals surface area contributed by atoms with Crippen molar-refractivity contribution in [3.05, 3.63) is 12.8 Å². The van der Waals surface area contributed by atoms with Crippen molar-refractivity contribution >= 4 is 0 Å². The lowest BCUT2D eigenvalue weighted by Crippen LogP contribution is -2.34. The van der Waals surface area contributed by atoms with Gasteiger partial charge in [0.2, 0.25) is 0 Å². The highest BCUT2D eigenvalue weighted by Gasteiger charge is 2.31. The fourth-order valence-electron chi connectivity index (χ4n) is 2.25. The topological polar surface area (TPSA) is 15.3 Å². The van der Waals surface area contributed by atoms with Gasteiger partial charge in [0.05, 0.1) is 0 Å². The number of hydrogen-bond donors (Lipinski definition) is 1. The number of rotatable bonds is 7. The maximum Gasteiger partial charge on any atom is 0.0239 e. The molecular formula is C13H26N2. The first-order chi connectivity index (χ1) is 7.20. The highest BCUT2D eigenvalue weighted by atomic mass is 15.1. The average molecular weight is 210 g/mol. The van der Waals surface area contributed by atoms with E-state index >= 15 is 0 Å². The van der Waals surface area contributed by atoms with Gasteiger partial charge in [0.15, 0.2) is 0 Å². The van der Waals surface area contributed by atoms with Crippen LogP contribution in [0.25, 0.3) is 0 Å². The number of nitrogens with one attached hydrogen (secondary N) is 1. The van der Waals surface area contributed by atoms with Crippen LogP contribution in [0.2, 0.25) is 0 Å². The van der Waals surface area contributed by atoms with Gasteiger partial charge in [-0.15, -0.1) is 0 Å². The van der Waals surface area contributed by atoms with Gasteiger partial charge in [-0.05, 0) is 31.0 Å². The Morgan fingerprint density at radius 3 is 2.87 bits per heavy atom. The standard InChI is InChI=1S/C13H26N2/c1-4-6-7-9-14-11-13(3)8-10-15(5-2)12-13/h5,14H,2,4,6-12H2,1,3H3. The molecule has 0 amide bonds. The van der Waals surface area contributed by atoms with E-state index in [0.717, 1.165) is 13.1 Å². The molecule has 0 radical (unpaired) electrons. The minimum absolute atomic E-state index is 0.459. The minimum atomic E-state index is 0.459. The van der Waals surface area contributed by atoms with E-state index in [1.807, 2.05) is 6.20 Å². The summed E-state index contributed by atoms with van der Waals surface area (Å²) >= 11 is 0. The Labute approximate surface area is 94.7 Å². The van der Waals surface area contributed by atoms with Crippen LogP contribution < -0.4 is 5.32 Å². The van der Waals surface area contributed by atoms with E-state index in [1.165, 1.54) is 38.8 Å². The zero-order valence-electron chi connectivity index (χ0n) is 10.4. The van der Waals surface area contributed by atoms with E-state index in [1.54, 1.807) is 0 Å². The molecule has 1 N–H and O–H groups in total. The molecule has 1 heterocycles. The number of unbranched alkanes of at least 4 members (excludes halogenated alkanes) is 2. The van der Waals surface area contributed by atoms with Gasteiger partial charge in [0.1, 0.15) is 0 Å². The van der Waals surface area contributed by atoms with Crippen molar-refractivity contribution in [2.24, 2.45) is 5.41 Å². The Kier molecular flexibility index (Phi) is 5.16. The van der Waals surface area contributed by atoms with Gasteiger partial charge < -0.3 is 10.2 Å². The van der Waals surface area contributed by atoms with Crippen molar-refractivity contribution in [3.63, 3.8) is 0 Å². The molecule has 2 heteroatoms. The van der Waals surface area contributed by atoms with Crippen LogP contribution in [0.5, 0.6) is 0 Å². The molecule has 1 saturated heterocycles. The highest BCUT2D eigenvalue weighted by molar-refractivity contribution is 4.91.